The minimum absolute atomic E-state index is 0.456. The van der Waals surface area contributed by atoms with Gasteiger partial charge in [-0.15, -0.1) is 0 Å². The molecule has 0 saturated carbocycles. The molecule has 112 valence electrons. The Morgan fingerprint density at radius 2 is 1.75 bits per heavy atom. The molecule has 1 aromatic rings. The maximum absolute atomic E-state index is 3.74. The van der Waals surface area contributed by atoms with Gasteiger partial charge in [-0.05, 0) is 71.3 Å². The van der Waals surface area contributed by atoms with Gasteiger partial charge in [-0.25, -0.2) is 0 Å². The van der Waals surface area contributed by atoms with E-state index in [9.17, 15) is 0 Å². The molecular formula is C18H30N2. The van der Waals surface area contributed by atoms with E-state index in [2.05, 4.69) is 56.1 Å². The van der Waals surface area contributed by atoms with Crippen molar-refractivity contribution in [3.63, 3.8) is 0 Å². The molecule has 1 aliphatic heterocycles. The van der Waals surface area contributed by atoms with Crippen molar-refractivity contribution in [1.29, 1.82) is 0 Å². The third kappa shape index (κ3) is 4.32. The highest BCUT2D eigenvalue weighted by Crippen LogP contribution is 2.20. The lowest BCUT2D eigenvalue weighted by atomic mass is 9.95. The maximum atomic E-state index is 3.74. The van der Waals surface area contributed by atoms with E-state index in [1.807, 2.05) is 0 Å². The number of piperidine rings is 1. The second kappa shape index (κ2) is 7.24. The molecule has 1 saturated heterocycles. The standard InChI is InChI=1S/C18H30N2/c1-5-20-8-6-17(7-9-20)13-19-16(4)18-11-14(2)10-15(3)12-18/h10-12,16-17,19H,5-9,13H2,1-4H3. The predicted octanol–water partition coefficient (Wildman–Crippen LogP) is 3.69. The lowest BCUT2D eigenvalue weighted by Crippen LogP contribution is -2.37. The fourth-order valence-corrected chi connectivity index (χ4v) is 3.23. The number of benzene rings is 1. The van der Waals surface area contributed by atoms with Crippen LogP contribution >= 0.6 is 0 Å². The molecule has 2 nitrogen and oxygen atoms in total. The fourth-order valence-electron chi connectivity index (χ4n) is 3.23. The quantitative estimate of drug-likeness (QED) is 0.881. The highest BCUT2D eigenvalue weighted by molar-refractivity contribution is 5.30. The molecule has 0 aliphatic carbocycles. The van der Waals surface area contributed by atoms with Gasteiger partial charge < -0.3 is 10.2 Å². The van der Waals surface area contributed by atoms with E-state index in [0.717, 1.165) is 12.5 Å². The van der Waals surface area contributed by atoms with E-state index in [1.165, 1.54) is 49.2 Å². The van der Waals surface area contributed by atoms with Crippen LogP contribution in [0.2, 0.25) is 0 Å². The molecular weight excluding hydrogens is 244 g/mol. The average molecular weight is 274 g/mol. The van der Waals surface area contributed by atoms with Crippen molar-refractivity contribution in [2.75, 3.05) is 26.2 Å². The van der Waals surface area contributed by atoms with Crippen LogP contribution in [0.1, 0.15) is 49.4 Å². The Hall–Kier alpha value is -0.860. The number of likely N-dealkylation sites (tertiary alicyclic amines) is 1. The topological polar surface area (TPSA) is 15.3 Å². The number of rotatable bonds is 5. The van der Waals surface area contributed by atoms with E-state index in [4.69, 9.17) is 0 Å². The summed E-state index contributed by atoms with van der Waals surface area (Å²) < 4.78 is 0. The van der Waals surface area contributed by atoms with Gasteiger partial charge in [-0.2, -0.15) is 0 Å². The van der Waals surface area contributed by atoms with Crippen LogP contribution in [0.5, 0.6) is 0 Å². The summed E-state index contributed by atoms with van der Waals surface area (Å²) in [6.45, 7) is 13.8. The van der Waals surface area contributed by atoms with Gasteiger partial charge in [0.2, 0.25) is 0 Å². The molecule has 1 atom stereocenters. The Labute approximate surface area is 124 Å². The SMILES string of the molecule is CCN1CCC(CNC(C)c2cc(C)cc(C)c2)CC1. The van der Waals surface area contributed by atoms with Gasteiger partial charge in [0, 0.05) is 6.04 Å². The first-order chi connectivity index (χ1) is 9.58. The van der Waals surface area contributed by atoms with E-state index < -0.39 is 0 Å². The van der Waals surface area contributed by atoms with E-state index in [0.29, 0.717) is 6.04 Å². The Bertz CT molecular complexity index is 399. The summed E-state index contributed by atoms with van der Waals surface area (Å²) in [4.78, 5) is 2.56. The zero-order valence-corrected chi connectivity index (χ0v) is 13.6. The number of hydrogen-bond acceptors (Lipinski definition) is 2. The van der Waals surface area contributed by atoms with Gasteiger partial charge in [-0.1, -0.05) is 36.2 Å². The third-order valence-corrected chi connectivity index (χ3v) is 4.61. The Kier molecular flexibility index (Phi) is 5.62. The van der Waals surface area contributed by atoms with Crippen LogP contribution in [0.15, 0.2) is 18.2 Å². The first-order valence-corrected chi connectivity index (χ1v) is 8.12. The second-order valence-electron chi connectivity index (χ2n) is 6.43. The van der Waals surface area contributed by atoms with Crippen LogP contribution in [0.25, 0.3) is 0 Å². The molecule has 1 unspecified atom stereocenters. The zero-order valence-electron chi connectivity index (χ0n) is 13.6. The summed E-state index contributed by atoms with van der Waals surface area (Å²) in [5, 5.41) is 3.74. The predicted molar refractivity (Wildman–Crippen MR) is 87.2 cm³/mol. The van der Waals surface area contributed by atoms with Crippen molar-refractivity contribution in [3.8, 4) is 0 Å². The summed E-state index contributed by atoms with van der Waals surface area (Å²) in [6, 6.07) is 7.32. The van der Waals surface area contributed by atoms with Crippen molar-refractivity contribution in [3.05, 3.63) is 34.9 Å². The molecule has 1 N–H and O–H groups in total. The van der Waals surface area contributed by atoms with Crippen LogP contribution in [0.4, 0.5) is 0 Å². The molecule has 20 heavy (non-hydrogen) atoms. The van der Waals surface area contributed by atoms with Crippen molar-refractivity contribution in [1.82, 2.24) is 10.2 Å². The molecule has 1 aliphatic rings. The van der Waals surface area contributed by atoms with Crippen LogP contribution in [0.3, 0.4) is 0 Å². The highest BCUT2D eigenvalue weighted by Gasteiger charge is 2.18. The summed E-state index contributed by atoms with van der Waals surface area (Å²) in [5.74, 6) is 0.853. The van der Waals surface area contributed by atoms with Gasteiger partial charge in [0.25, 0.3) is 0 Å². The van der Waals surface area contributed by atoms with Gasteiger partial charge in [0.15, 0.2) is 0 Å². The molecule has 2 rings (SSSR count). The largest absolute Gasteiger partial charge is 0.310 e. The molecule has 0 amide bonds. The van der Waals surface area contributed by atoms with Gasteiger partial charge >= 0.3 is 0 Å². The van der Waals surface area contributed by atoms with Gasteiger partial charge in [0.05, 0.1) is 0 Å². The number of hydrogen-bond donors (Lipinski definition) is 1. The van der Waals surface area contributed by atoms with Crippen molar-refractivity contribution >= 4 is 0 Å². The molecule has 0 bridgehead atoms. The van der Waals surface area contributed by atoms with Crippen molar-refractivity contribution < 1.29 is 0 Å². The molecule has 1 aromatic carbocycles. The Balaban J connectivity index is 1.81. The lowest BCUT2D eigenvalue weighted by Gasteiger charge is -2.31. The molecule has 1 heterocycles. The highest BCUT2D eigenvalue weighted by atomic mass is 15.1. The molecule has 0 aromatic heterocycles. The zero-order chi connectivity index (χ0) is 14.5. The Morgan fingerprint density at radius 1 is 1.15 bits per heavy atom. The minimum atomic E-state index is 0.456. The molecule has 2 heteroatoms. The van der Waals surface area contributed by atoms with Gasteiger partial charge in [0.1, 0.15) is 0 Å². The monoisotopic (exact) mass is 274 g/mol. The first kappa shape index (κ1) is 15.5. The van der Waals surface area contributed by atoms with E-state index in [1.54, 1.807) is 0 Å². The van der Waals surface area contributed by atoms with Crippen molar-refractivity contribution in [2.24, 2.45) is 5.92 Å². The minimum Gasteiger partial charge on any atom is -0.310 e. The van der Waals surface area contributed by atoms with E-state index >= 15 is 0 Å². The van der Waals surface area contributed by atoms with Gasteiger partial charge in [-0.3, -0.25) is 0 Å². The maximum Gasteiger partial charge on any atom is 0.0292 e. The third-order valence-electron chi connectivity index (χ3n) is 4.61. The van der Waals surface area contributed by atoms with Crippen molar-refractivity contribution in [2.45, 2.75) is 46.6 Å². The first-order valence-electron chi connectivity index (χ1n) is 8.12. The summed E-state index contributed by atoms with van der Waals surface area (Å²) in [5.41, 5.74) is 4.16. The number of nitrogens with one attached hydrogen (secondary N) is 1. The number of aryl methyl sites for hydroxylation is 2. The number of nitrogens with zero attached hydrogens (tertiary/aromatic N) is 1. The van der Waals surface area contributed by atoms with E-state index in [-0.39, 0.29) is 0 Å². The second-order valence-corrected chi connectivity index (χ2v) is 6.43. The average Bonchev–Trinajstić information content (AvgIpc) is 2.44. The summed E-state index contributed by atoms with van der Waals surface area (Å²) >= 11 is 0. The molecule has 0 spiro atoms. The molecule has 0 radical (unpaired) electrons. The summed E-state index contributed by atoms with van der Waals surface area (Å²) in [7, 11) is 0. The normalized spacial score (nSPS) is 19.2. The molecule has 1 fully saturated rings. The van der Waals surface area contributed by atoms with Crippen LogP contribution < -0.4 is 5.32 Å². The lowest BCUT2D eigenvalue weighted by molar-refractivity contribution is 0.188. The van der Waals surface area contributed by atoms with Crippen LogP contribution in [-0.2, 0) is 0 Å². The summed E-state index contributed by atoms with van der Waals surface area (Å²) in [6.07, 6.45) is 2.70. The Morgan fingerprint density at radius 3 is 2.30 bits per heavy atom. The fraction of sp³-hybridized carbons (Fsp3) is 0.667. The smallest absolute Gasteiger partial charge is 0.0292 e. The van der Waals surface area contributed by atoms with Crippen LogP contribution in [-0.4, -0.2) is 31.1 Å². The van der Waals surface area contributed by atoms with Crippen LogP contribution in [0, 0.1) is 19.8 Å².